The number of amides is 1. The van der Waals surface area contributed by atoms with Gasteiger partial charge in [-0.2, -0.15) is 4.31 Å². The van der Waals surface area contributed by atoms with Crippen LogP contribution < -0.4 is 10.1 Å². The van der Waals surface area contributed by atoms with E-state index in [1.165, 1.54) is 16.4 Å². The number of hydrogen-bond donors (Lipinski definition) is 1. The molecule has 0 unspecified atom stereocenters. The molecule has 9 heteroatoms. The van der Waals surface area contributed by atoms with Gasteiger partial charge in [0.15, 0.2) is 6.10 Å². The fourth-order valence-electron chi connectivity index (χ4n) is 2.90. The Bertz CT molecular complexity index is 990. The third-order valence-corrected chi connectivity index (χ3v) is 6.84. The van der Waals surface area contributed by atoms with Crippen molar-refractivity contribution in [2.75, 3.05) is 31.6 Å². The molecule has 2 aromatic rings. The first-order valence-electron chi connectivity index (χ1n) is 9.19. The van der Waals surface area contributed by atoms with Gasteiger partial charge in [-0.15, -0.1) is 0 Å². The number of carbonyl (C=O) groups is 1. The fourth-order valence-corrected chi connectivity index (χ4v) is 4.80. The Labute approximate surface area is 175 Å². The summed E-state index contributed by atoms with van der Waals surface area (Å²) in [7, 11) is -3.79. The molecule has 1 aliphatic rings. The van der Waals surface area contributed by atoms with Crippen LogP contribution in [-0.4, -0.2) is 51.0 Å². The lowest BCUT2D eigenvalue weighted by Crippen LogP contribution is -2.40. The van der Waals surface area contributed by atoms with Gasteiger partial charge in [-0.1, -0.05) is 23.7 Å². The topological polar surface area (TPSA) is 84.9 Å². The van der Waals surface area contributed by atoms with Crippen LogP contribution in [0, 0.1) is 6.92 Å². The number of carbonyl (C=O) groups excluding carboxylic acids is 1. The molecule has 1 heterocycles. The zero-order chi connectivity index (χ0) is 21.0. The minimum absolute atomic E-state index is 0.0499. The molecule has 1 amide bonds. The summed E-state index contributed by atoms with van der Waals surface area (Å²) >= 11 is 6.15. The molecule has 0 aliphatic carbocycles. The van der Waals surface area contributed by atoms with Gasteiger partial charge in [0.25, 0.3) is 5.91 Å². The minimum Gasteiger partial charge on any atom is -0.481 e. The van der Waals surface area contributed by atoms with Crippen molar-refractivity contribution in [2.45, 2.75) is 24.8 Å². The highest BCUT2D eigenvalue weighted by Gasteiger charge is 2.29. The van der Waals surface area contributed by atoms with Gasteiger partial charge in [-0.25, -0.2) is 8.42 Å². The number of halogens is 1. The molecule has 0 saturated carbocycles. The van der Waals surface area contributed by atoms with Crippen molar-refractivity contribution in [3.05, 3.63) is 53.1 Å². The number of nitrogens with zero attached hydrogens (tertiary/aromatic N) is 1. The van der Waals surface area contributed by atoms with E-state index in [2.05, 4.69) is 5.32 Å². The van der Waals surface area contributed by atoms with Gasteiger partial charge in [0.2, 0.25) is 10.0 Å². The number of morpholine rings is 1. The van der Waals surface area contributed by atoms with Crippen LogP contribution in [0.5, 0.6) is 5.75 Å². The molecule has 0 spiro atoms. The van der Waals surface area contributed by atoms with Crippen LogP contribution in [0.15, 0.2) is 47.4 Å². The standard InChI is InChI=1S/C20H23ClN2O5S/c1-14-4-3-5-17(12-14)28-15(2)20(24)22-16-6-7-18(21)19(13-16)29(25,26)23-8-10-27-11-9-23/h3-7,12-13,15H,8-11H2,1-2H3,(H,22,24)/t15-/m1/s1. The Kier molecular flexibility index (Phi) is 6.79. The highest BCUT2D eigenvalue weighted by Crippen LogP contribution is 2.28. The quantitative estimate of drug-likeness (QED) is 0.749. The number of hydrogen-bond acceptors (Lipinski definition) is 5. The lowest BCUT2D eigenvalue weighted by atomic mass is 10.2. The lowest BCUT2D eigenvalue weighted by Gasteiger charge is -2.26. The molecular formula is C20H23ClN2O5S. The molecule has 1 saturated heterocycles. The van der Waals surface area contributed by atoms with Gasteiger partial charge in [0.05, 0.1) is 18.2 Å². The molecule has 0 bridgehead atoms. The van der Waals surface area contributed by atoms with Crippen molar-refractivity contribution in [3.63, 3.8) is 0 Å². The van der Waals surface area contributed by atoms with Crippen molar-refractivity contribution in [1.82, 2.24) is 4.31 Å². The maximum absolute atomic E-state index is 12.9. The van der Waals surface area contributed by atoms with Crippen LogP contribution in [0.2, 0.25) is 5.02 Å². The maximum Gasteiger partial charge on any atom is 0.265 e. The van der Waals surface area contributed by atoms with Gasteiger partial charge in [-0.3, -0.25) is 4.79 Å². The molecule has 1 atom stereocenters. The average molecular weight is 439 g/mol. The highest BCUT2D eigenvalue weighted by molar-refractivity contribution is 7.89. The number of benzene rings is 2. The first-order valence-corrected chi connectivity index (χ1v) is 11.0. The zero-order valence-electron chi connectivity index (χ0n) is 16.2. The van der Waals surface area contributed by atoms with Crippen molar-refractivity contribution < 1.29 is 22.7 Å². The Hall–Kier alpha value is -2.13. The highest BCUT2D eigenvalue weighted by atomic mass is 35.5. The number of sulfonamides is 1. The first kappa shape index (κ1) is 21.6. The van der Waals surface area contributed by atoms with Crippen LogP contribution in [0.1, 0.15) is 12.5 Å². The summed E-state index contributed by atoms with van der Waals surface area (Å²) in [5.74, 6) is 0.183. The van der Waals surface area contributed by atoms with E-state index in [1.54, 1.807) is 19.1 Å². The number of aryl methyl sites for hydroxylation is 1. The summed E-state index contributed by atoms with van der Waals surface area (Å²) in [4.78, 5) is 12.5. The smallest absolute Gasteiger partial charge is 0.265 e. The molecule has 1 aliphatic heterocycles. The predicted molar refractivity (Wildman–Crippen MR) is 111 cm³/mol. The van der Waals surface area contributed by atoms with Crippen LogP contribution in [0.3, 0.4) is 0 Å². The molecule has 3 rings (SSSR count). The average Bonchev–Trinajstić information content (AvgIpc) is 2.70. The molecule has 0 radical (unpaired) electrons. The summed E-state index contributed by atoms with van der Waals surface area (Å²) in [6.07, 6.45) is -0.772. The minimum atomic E-state index is -3.79. The molecule has 7 nitrogen and oxygen atoms in total. The lowest BCUT2D eigenvalue weighted by molar-refractivity contribution is -0.122. The van der Waals surface area contributed by atoms with Crippen molar-refractivity contribution in [2.24, 2.45) is 0 Å². The molecular weight excluding hydrogens is 416 g/mol. The number of ether oxygens (including phenoxy) is 2. The van der Waals surface area contributed by atoms with Crippen LogP contribution in [-0.2, 0) is 19.6 Å². The third-order valence-electron chi connectivity index (χ3n) is 4.46. The van der Waals surface area contributed by atoms with E-state index in [9.17, 15) is 13.2 Å². The van der Waals surface area contributed by atoms with Gasteiger partial charge in [0.1, 0.15) is 10.6 Å². The molecule has 156 valence electrons. The molecule has 2 aromatic carbocycles. The van der Waals surface area contributed by atoms with Gasteiger partial charge < -0.3 is 14.8 Å². The van der Waals surface area contributed by atoms with E-state index in [-0.39, 0.29) is 23.0 Å². The summed E-state index contributed by atoms with van der Waals surface area (Å²) in [5.41, 5.74) is 1.34. The van der Waals surface area contributed by atoms with E-state index in [4.69, 9.17) is 21.1 Å². The first-order chi connectivity index (χ1) is 13.8. The van der Waals surface area contributed by atoms with E-state index < -0.39 is 22.0 Å². The fraction of sp³-hybridized carbons (Fsp3) is 0.350. The van der Waals surface area contributed by atoms with Crippen molar-refractivity contribution in [3.8, 4) is 5.75 Å². The summed E-state index contributed by atoms with van der Waals surface area (Å²) < 4.78 is 38.0. The maximum atomic E-state index is 12.9. The van der Waals surface area contributed by atoms with E-state index in [0.717, 1.165) is 5.56 Å². The van der Waals surface area contributed by atoms with Gasteiger partial charge >= 0.3 is 0 Å². The van der Waals surface area contributed by atoms with Crippen LogP contribution in [0.25, 0.3) is 0 Å². The Morgan fingerprint density at radius 1 is 1.21 bits per heavy atom. The van der Waals surface area contributed by atoms with E-state index in [1.807, 2.05) is 25.1 Å². The Morgan fingerprint density at radius 3 is 2.62 bits per heavy atom. The molecule has 1 N–H and O–H groups in total. The van der Waals surface area contributed by atoms with Crippen LogP contribution in [0.4, 0.5) is 5.69 Å². The Morgan fingerprint density at radius 2 is 1.93 bits per heavy atom. The second-order valence-electron chi connectivity index (χ2n) is 6.73. The summed E-state index contributed by atoms with van der Waals surface area (Å²) in [6, 6.07) is 11.8. The zero-order valence-corrected chi connectivity index (χ0v) is 17.8. The predicted octanol–water partition coefficient (Wildman–Crippen LogP) is 3.08. The number of anilines is 1. The van der Waals surface area contributed by atoms with E-state index >= 15 is 0 Å². The van der Waals surface area contributed by atoms with Crippen molar-refractivity contribution >= 4 is 33.2 Å². The largest absolute Gasteiger partial charge is 0.481 e. The second-order valence-corrected chi connectivity index (χ2v) is 9.04. The van der Waals surface area contributed by atoms with Crippen molar-refractivity contribution in [1.29, 1.82) is 0 Å². The molecule has 1 fully saturated rings. The van der Waals surface area contributed by atoms with Gasteiger partial charge in [0, 0.05) is 18.8 Å². The monoisotopic (exact) mass is 438 g/mol. The Balaban J connectivity index is 1.74. The van der Waals surface area contributed by atoms with Gasteiger partial charge in [-0.05, 0) is 49.7 Å². The SMILES string of the molecule is Cc1cccc(O[C@H](C)C(=O)Nc2ccc(Cl)c(S(=O)(=O)N3CCOCC3)c2)c1. The summed E-state index contributed by atoms with van der Waals surface area (Å²) in [6.45, 7) is 4.75. The summed E-state index contributed by atoms with van der Waals surface area (Å²) in [5, 5.41) is 2.78. The van der Waals surface area contributed by atoms with E-state index in [0.29, 0.717) is 24.7 Å². The number of rotatable bonds is 6. The number of nitrogens with one attached hydrogen (secondary N) is 1. The second kappa shape index (κ2) is 9.13. The normalized spacial score (nSPS) is 16.2. The third kappa shape index (κ3) is 5.27. The molecule has 0 aromatic heterocycles. The van der Waals surface area contributed by atoms with Crippen LogP contribution >= 0.6 is 11.6 Å². The molecule has 29 heavy (non-hydrogen) atoms.